The molecule has 1 aliphatic rings. The largest absolute Gasteiger partial charge is 0.388 e. The van der Waals surface area contributed by atoms with Crippen LogP contribution in [0.15, 0.2) is 24.3 Å². The van der Waals surface area contributed by atoms with Gasteiger partial charge in [-0.1, -0.05) is 24.3 Å². The Morgan fingerprint density at radius 2 is 2.00 bits per heavy atom. The van der Waals surface area contributed by atoms with Gasteiger partial charge in [-0.2, -0.15) is 0 Å². The highest BCUT2D eigenvalue weighted by atomic mass is 35.5. The van der Waals surface area contributed by atoms with Crippen molar-refractivity contribution in [3.63, 3.8) is 0 Å². The summed E-state index contributed by atoms with van der Waals surface area (Å²) in [6, 6.07) is 8.17. The number of hydrogen-bond donors (Lipinski definition) is 1. The van der Waals surface area contributed by atoms with Crippen LogP contribution in [-0.4, -0.2) is 5.11 Å². The minimum atomic E-state index is -0.208. The zero-order chi connectivity index (χ0) is 7.68. The van der Waals surface area contributed by atoms with Crippen molar-refractivity contribution in [3.8, 4) is 0 Å². The van der Waals surface area contributed by atoms with Crippen LogP contribution in [0.25, 0.3) is 0 Å². The molecule has 12 heavy (non-hydrogen) atoms. The van der Waals surface area contributed by atoms with E-state index in [0.29, 0.717) is 0 Å². The van der Waals surface area contributed by atoms with Crippen molar-refractivity contribution >= 4 is 12.4 Å². The summed E-state index contributed by atoms with van der Waals surface area (Å²) < 4.78 is 0. The van der Waals surface area contributed by atoms with Crippen LogP contribution >= 0.6 is 12.4 Å². The fraction of sp³-hybridized carbons (Fsp3) is 0.400. The van der Waals surface area contributed by atoms with Gasteiger partial charge in [-0.15, -0.1) is 12.4 Å². The molecule has 1 N–H and O–H groups in total. The van der Waals surface area contributed by atoms with Crippen LogP contribution in [0.4, 0.5) is 0 Å². The summed E-state index contributed by atoms with van der Waals surface area (Å²) >= 11 is 0. The summed E-state index contributed by atoms with van der Waals surface area (Å²) in [5, 5.41) is 9.56. The average molecular weight is 185 g/mol. The minimum Gasteiger partial charge on any atom is -0.388 e. The maximum Gasteiger partial charge on any atom is 0.0792 e. The molecule has 0 spiro atoms. The smallest absolute Gasteiger partial charge is 0.0792 e. The summed E-state index contributed by atoms with van der Waals surface area (Å²) in [5.41, 5.74) is 2.46. The van der Waals surface area contributed by atoms with E-state index < -0.39 is 0 Å². The first-order valence-electron chi connectivity index (χ1n) is 4.14. The molecule has 0 saturated carbocycles. The molecule has 0 aliphatic heterocycles. The molecule has 1 aromatic rings. The van der Waals surface area contributed by atoms with E-state index in [9.17, 15) is 5.11 Å². The van der Waals surface area contributed by atoms with E-state index in [4.69, 9.17) is 0 Å². The molecular formula is C10H13ClO. The molecule has 1 unspecified atom stereocenters. The van der Waals surface area contributed by atoms with Crippen molar-refractivity contribution in [3.05, 3.63) is 35.4 Å². The van der Waals surface area contributed by atoms with Gasteiger partial charge in [-0.25, -0.2) is 0 Å². The molecule has 0 saturated heterocycles. The van der Waals surface area contributed by atoms with Crippen LogP contribution in [0.2, 0.25) is 0 Å². The lowest BCUT2D eigenvalue weighted by molar-refractivity contribution is 0.156. The number of fused-ring (bicyclic) bond motifs is 1. The maximum atomic E-state index is 9.56. The van der Waals surface area contributed by atoms with E-state index in [1.165, 1.54) is 5.56 Å². The Bertz CT molecular complexity index is 260. The monoisotopic (exact) mass is 184 g/mol. The predicted octanol–water partition coefficient (Wildman–Crippen LogP) is 2.48. The van der Waals surface area contributed by atoms with E-state index in [1.807, 2.05) is 18.2 Å². The van der Waals surface area contributed by atoms with Crippen LogP contribution in [0, 0.1) is 0 Å². The molecule has 1 atom stereocenters. The van der Waals surface area contributed by atoms with Gasteiger partial charge >= 0.3 is 0 Å². The van der Waals surface area contributed by atoms with Crippen molar-refractivity contribution in [2.45, 2.75) is 25.4 Å². The van der Waals surface area contributed by atoms with Gasteiger partial charge in [-0.05, 0) is 30.4 Å². The zero-order valence-electron chi connectivity index (χ0n) is 6.86. The zero-order valence-corrected chi connectivity index (χ0v) is 7.68. The molecule has 0 aromatic heterocycles. The second kappa shape index (κ2) is 3.92. The van der Waals surface area contributed by atoms with Gasteiger partial charge in [0.25, 0.3) is 0 Å². The number of halogens is 1. The molecule has 0 bridgehead atoms. The minimum absolute atomic E-state index is 0. The third-order valence-corrected chi connectivity index (χ3v) is 2.34. The molecule has 1 aliphatic carbocycles. The fourth-order valence-corrected chi connectivity index (χ4v) is 1.73. The molecule has 1 nitrogen and oxygen atoms in total. The fourth-order valence-electron chi connectivity index (χ4n) is 1.73. The highest BCUT2D eigenvalue weighted by Gasteiger charge is 2.15. The molecular weight excluding hydrogens is 172 g/mol. The molecule has 66 valence electrons. The maximum absolute atomic E-state index is 9.56. The topological polar surface area (TPSA) is 20.2 Å². The highest BCUT2D eigenvalue weighted by molar-refractivity contribution is 5.85. The molecule has 2 heteroatoms. The number of hydrogen-bond acceptors (Lipinski definition) is 1. The average Bonchev–Trinajstić information content (AvgIpc) is 2.06. The number of rotatable bonds is 0. The van der Waals surface area contributed by atoms with E-state index in [1.54, 1.807) is 0 Å². The van der Waals surface area contributed by atoms with Crippen molar-refractivity contribution < 1.29 is 5.11 Å². The quantitative estimate of drug-likeness (QED) is 0.657. The van der Waals surface area contributed by atoms with Crippen molar-refractivity contribution in [2.24, 2.45) is 0 Å². The second-order valence-electron chi connectivity index (χ2n) is 3.11. The first kappa shape index (κ1) is 9.56. The number of benzene rings is 1. The van der Waals surface area contributed by atoms with E-state index in [0.717, 1.165) is 24.8 Å². The standard InChI is InChI=1S/C10H12O.ClH/c11-10-7-3-5-8-4-1-2-6-9(8)10;/h1-2,4,6,10-11H,3,5,7H2;1H. The predicted molar refractivity (Wildman–Crippen MR) is 51.6 cm³/mol. The summed E-state index contributed by atoms with van der Waals surface area (Å²) in [7, 11) is 0. The van der Waals surface area contributed by atoms with Gasteiger partial charge in [0.1, 0.15) is 0 Å². The lowest BCUT2D eigenvalue weighted by Crippen LogP contribution is -2.08. The number of aliphatic hydroxyl groups excluding tert-OH is 1. The Morgan fingerprint density at radius 3 is 2.75 bits per heavy atom. The third kappa shape index (κ3) is 1.62. The second-order valence-corrected chi connectivity index (χ2v) is 3.11. The summed E-state index contributed by atoms with van der Waals surface area (Å²) in [6.45, 7) is 0. The Hall–Kier alpha value is -0.530. The van der Waals surface area contributed by atoms with Crippen LogP contribution in [0.1, 0.15) is 30.1 Å². The lowest BCUT2D eigenvalue weighted by Gasteiger charge is -2.20. The highest BCUT2D eigenvalue weighted by Crippen LogP contribution is 2.28. The SMILES string of the molecule is Cl.OC1CCCc2ccccc21. The first-order chi connectivity index (χ1) is 5.38. The molecule has 1 aromatic carbocycles. The van der Waals surface area contributed by atoms with Crippen LogP contribution in [-0.2, 0) is 6.42 Å². The molecule has 0 fully saturated rings. The van der Waals surface area contributed by atoms with E-state index in [2.05, 4.69) is 6.07 Å². The Balaban J connectivity index is 0.000000720. The number of aliphatic hydroxyl groups is 1. The lowest BCUT2D eigenvalue weighted by atomic mass is 9.90. The van der Waals surface area contributed by atoms with Gasteiger partial charge in [0.15, 0.2) is 0 Å². The number of aryl methyl sites for hydroxylation is 1. The molecule has 0 amide bonds. The van der Waals surface area contributed by atoms with Gasteiger partial charge in [0, 0.05) is 0 Å². The molecule has 2 rings (SSSR count). The van der Waals surface area contributed by atoms with E-state index in [-0.39, 0.29) is 18.5 Å². The van der Waals surface area contributed by atoms with Crippen molar-refractivity contribution in [1.29, 1.82) is 0 Å². The van der Waals surface area contributed by atoms with Gasteiger partial charge < -0.3 is 5.11 Å². The molecule has 0 heterocycles. The first-order valence-corrected chi connectivity index (χ1v) is 4.14. The summed E-state index contributed by atoms with van der Waals surface area (Å²) in [4.78, 5) is 0. The van der Waals surface area contributed by atoms with Crippen LogP contribution < -0.4 is 0 Å². The Labute approximate surface area is 78.8 Å². The summed E-state index contributed by atoms with van der Waals surface area (Å²) in [5.74, 6) is 0. The van der Waals surface area contributed by atoms with Gasteiger partial charge in [-0.3, -0.25) is 0 Å². The van der Waals surface area contributed by atoms with Crippen molar-refractivity contribution in [1.82, 2.24) is 0 Å². The van der Waals surface area contributed by atoms with Crippen molar-refractivity contribution in [2.75, 3.05) is 0 Å². The van der Waals surface area contributed by atoms with Crippen LogP contribution in [0.3, 0.4) is 0 Å². The van der Waals surface area contributed by atoms with Gasteiger partial charge in [0.2, 0.25) is 0 Å². The van der Waals surface area contributed by atoms with Gasteiger partial charge in [0.05, 0.1) is 6.10 Å². The Kier molecular flexibility index (Phi) is 3.12. The normalized spacial score (nSPS) is 20.9. The van der Waals surface area contributed by atoms with Crippen LogP contribution in [0.5, 0.6) is 0 Å². The summed E-state index contributed by atoms with van der Waals surface area (Å²) in [6.07, 6.45) is 2.97. The molecule has 0 radical (unpaired) electrons. The third-order valence-electron chi connectivity index (χ3n) is 2.34. The van der Waals surface area contributed by atoms with E-state index >= 15 is 0 Å². The Morgan fingerprint density at radius 1 is 1.25 bits per heavy atom.